The van der Waals surface area contributed by atoms with Gasteiger partial charge >= 0.3 is 0 Å². The highest BCUT2D eigenvalue weighted by Crippen LogP contribution is 2.36. The molecular formula is C17H13FN2O2S. The quantitative estimate of drug-likeness (QED) is 0.721. The first kappa shape index (κ1) is 14.3. The SMILES string of the molecule is O=C1SC[C@H](Cc2ccccc2)N1c1noc2c(F)cccc12. The van der Waals surface area contributed by atoms with Crippen LogP contribution in [0.1, 0.15) is 5.56 Å². The molecule has 2 aromatic carbocycles. The van der Waals surface area contributed by atoms with Crippen LogP contribution in [0.15, 0.2) is 53.1 Å². The fraction of sp³-hybridized carbons (Fsp3) is 0.176. The number of halogens is 1. The van der Waals surface area contributed by atoms with E-state index in [-0.39, 0.29) is 16.9 Å². The highest BCUT2D eigenvalue weighted by molar-refractivity contribution is 8.14. The van der Waals surface area contributed by atoms with Gasteiger partial charge in [-0.3, -0.25) is 9.69 Å². The Morgan fingerprint density at radius 3 is 2.87 bits per heavy atom. The minimum Gasteiger partial charge on any atom is -0.351 e. The van der Waals surface area contributed by atoms with Crippen molar-refractivity contribution in [3.05, 3.63) is 59.9 Å². The summed E-state index contributed by atoms with van der Waals surface area (Å²) in [5, 5.41) is 4.41. The Balaban J connectivity index is 1.72. The molecule has 23 heavy (non-hydrogen) atoms. The lowest BCUT2D eigenvalue weighted by atomic mass is 10.1. The predicted molar refractivity (Wildman–Crippen MR) is 88.2 cm³/mol. The van der Waals surface area contributed by atoms with Gasteiger partial charge in [-0.1, -0.05) is 53.3 Å². The van der Waals surface area contributed by atoms with Crippen LogP contribution in [0.5, 0.6) is 0 Å². The van der Waals surface area contributed by atoms with Crippen molar-refractivity contribution in [1.82, 2.24) is 5.16 Å². The average Bonchev–Trinajstić information content (AvgIpc) is 3.13. The monoisotopic (exact) mass is 328 g/mol. The Labute approximate surface area is 136 Å². The number of benzene rings is 2. The van der Waals surface area contributed by atoms with Gasteiger partial charge in [0.15, 0.2) is 11.6 Å². The molecular weight excluding hydrogens is 315 g/mol. The summed E-state index contributed by atoms with van der Waals surface area (Å²) in [6.45, 7) is 0. The van der Waals surface area contributed by atoms with Crippen molar-refractivity contribution in [2.24, 2.45) is 0 Å². The first-order valence-corrected chi connectivity index (χ1v) is 8.26. The van der Waals surface area contributed by atoms with Crippen molar-refractivity contribution in [1.29, 1.82) is 0 Å². The number of nitrogens with zero attached hydrogens (tertiary/aromatic N) is 2. The van der Waals surface area contributed by atoms with E-state index in [4.69, 9.17) is 4.52 Å². The summed E-state index contributed by atoms with van der Waals surface area (Å²) in [6, 6.07) is 14.6. The molecule has 1 saturated heterocycles. The first-order chi connectivity index (χ1) is 11.2. The second kappa shape index (κ2) is 5.70. The molecule has 0 radical (unpaired) electrons. The lowest BCUT2D eigenvalue weighted by Gasteiger charge is -2.21. The fourth-order valence-electron chi connectivity index (χ4n) is 2.85. The minimum absolute atomic E-state index is 0.0218. The third-order valence-electron chi connectivity index (χ3n) is 3.93. The normalized spacial score (nSPS) is 18.0. The topological polar surface area (TPSA) is 46.3 Å². The molecule has 4 rings (SSSR count). The predicted octanol–water partition coefficient (Wildman–Crippen LogP) is 4.25. The lowest BCUT2D eigenvalue weighted by molar-refractivity contribution is 0.264. The number of carbonyl (C=O) groups excluding carboxylic acids is 1. The number of hydrogen-bond donors (Lipinski definition) is 0. The standard InChI is InChI=1S/C17H13FN2O2S/c18-14-8-4-7-13-15(14)22-19-16(13)20-12(10-23-17(20)21)9-11-5-2-1-3-6-11/h1-8,12H,9-10H2/t12-/m0/s1. The summed E-state index contributed by atoms with van der Waals surface area (Å²) in [4.78, 5) is 13.9. The van der Waals surface area contributed by atoms with Gasteiger partial charge < -0.3 is 4.52 Å². The van der Waals surface area contributed by atoms with Crippen LogP contribution in [0.25, 0.3) is 11.0 Å². The van der Waals surface area contributed by atoms with Crippen LogP contribution in [-0.2, 0) is 6.42 Å². The van der Waals surface area contributed by atoms with E-state index in [1.807, 2.05) is 30.3 Å². The number of hydrogen-bond acceptors (Lipinski definition) is 4. The number of para-hydroxylation sites is 1. The van der Waals surface area contributed by atoms with Crippen LogP contribution >= 0.6 is 11.8 Å². The van der Waals surface area contributed by atoms with Gasteiger partial charge in [0.1, 0.15) is 0 Å². The molecule has 1 aliphatic rings. The van der Waals surface area contributed by atoms with E-state index in [0.717, 1.165) is 12.0 Å². The number of carbonyl (C=O) groups is 1. The van der Waals surface area contributed by atoms with Gasteiger partial charge in [-0.15, -0.1) is 0 Å². The number of thioether (sulfide) groups is 1. The Morgan fingerprint density at radius 1 is 1.22 bits per heavy atom. The number of fused-ring (bicyclic) bond motifs is 1. The molecule has 1 atom stereocenters. The highest BCUT2D eigenvalue weighted by Gasteiger charge is 2.36. The molecule has 0 saturated carbocycles. The molecule has 0 N–H and O–H groups in total. The minimum atomic E-state index is -0.472. The summed E-state index contributed by atoms with van der Waals surface area (Å²) in [5.74, 6) is 0.604. The van der Waals surface area contributed by atoms with Crippen LogP contribution in [-0.4, -0.2) is 22.2 Å². The van der Waals surface area contributed by atoms with Gasteiger partial charge in [0, 0.05) is 5.75 Å². The second-order valence-electron chi connectivity index (χ2n) is 5.41. The molecule has 0 bridgehead atoms. The molecule has 116 valence electrons. The van der Waals surface area contributed by atoms with Gasteiger partial charge in [0.2, 0.25) is 5.58 Å². The molecule has 6 heteroatoms. The van der Waals surface area contributed by atoms with E-state index in [1.165, 1.54) is 17.8 Å². The van der Waals surface area contributed by atoms with Crippen molar-refractivity contribution < 1.29 is 13.7 Å². The van der Waals surface area contributed by atoms with Gasteiger partial charge in [-0.25, -0.2) is 4.39 Å². The molecule has 1 amide bonds. The number of anilines is 1. The van der Waals surface area contributed by atoms with E-state index in [9.17, 15) is 9.18 Å². The van der Waals surface area contributed by atoms with Crippen molar-refractivity contribution in [3.8, 4) is 0 Å². The van der Waals surface area contributed by atoms with Gasteiger partial charge in [0.25, 0.3) is 5.24 Å². The molecule has 1 fully saturated rings. The van der Waals surface area contributed by atoms with E-state index < -0.39 is 5.82 Å². The zero-order chi connectivity index (χ0) is 15.8. The van der Waals surface area contributed by atoms with Gasteiger partial charge in [0.05, 0.1) is 11.4 Å². The third kappa shape index (κ3) is 2.49. The largest absolute Gasteiger partial charge is 0.351 e. The summed E-state index contributed by atoms with van der Waals surface area (Å²) in [5.41, 5.74) is 1.24. The Hall–Kier alpha value is -2.34. The maximum Gasteiger partial charge on any atom is 0.287 e. The van der Waals surface area contributed by atoms with Crippen LogP contribution in [0.3, 0.4) is 0 Å². The molecule has 3 aromatic rings. The zero-order valence-corrected chi connectivity index (χ0v) is 12.9. The molecule has 1 aromatic heterocycles. The maximum absolute atomic E-state index is 13.8. The molecule has 0 aliphatic carbocycles. The first-order valence-electron chi connectivity index (χ1n) is 7.28. The Morgan fingerprint density at radius 2 is 2.04 bits per heavy atom. The summed E-state index contributed by atoms with van der Waals surface area (Å²) in [7, 11) is 0. The highest BCUT2D eigenvalue weighted by atomic mass is 32.2. The molecule has 4 nitrogen and oxygen atoms in total. The molecule has 0 spiro atoms. The average molecular weight is 328 g/mol. The summed E-state index contributed by atoms with van der Waals surface area (Å²) >= 11 is 1.26. The van der Waals surface area contributed by atoms with Crippen molar-refractivity contribution >= 4 is 33.8 Å². The Bertz CT molecular complexity index is 865. The molecule has 1 aliphatic heterocycles. The van der Waals surface area contributed by atoms with E-state index >= 15 is 0 Å². The van der Waals surface area contributed by atoms with Gasteiger partial charge in [-0.2, -0.15) is 0 Å². The van der Waals surface area contributed by atoms with E-state index in [2.05, 4.69) is 5.16 Å². The van der Waals surface area contributed by atoms with Crippen LogP contribution < -0.4 is 4.90 Å². The smallest absolute Gasteiger partial charge is 0.287 e. The van der Waals surface area contributed by atoms with Crippen molar-refractivity contribution in [2.45, 2.75) is 12.5 Å². The van der Waals surface area contributed by atoms with Crippen LogP contribution in [0.4, 0.5) is 15.0 Å². The Kier molecular flexibility index (Phi) is 3.53. The maximum atomic E-state index is 13.8. The van der Waals surface area contributed by atoms with Crippen molar-refractivity contribution in [2.75, 3.05) is 10.7 Å². The van der Waals surface area contributed by atoms with Crippen LogP contribution in [0, 0.1) is 5.82 Å². The number of rotatable bonds is 3. The number of aromatic nitrogens is 1. The van der Waals surface area contributed by atoms with E-state index in [1.54, 1.807) is 17.0 Å². The lowest BCUT2D eigenvalue weighted by Crippen LogP contribution is -2.35. The van der Waals surface area contributed by atoms with Gasteiger partial charge in [-0.05, 0) is 24.1 Å². The zero-order valence-electron chi connectivity index (χ0n) is 12.1. The summed E-state index contributed by atoms with van der Waals surface area (Å²) < 4.78 is 18.9. The number of amides is 1. The second-order valence-corrected chi connectivity index (χ2v) is 6.38. The van der Waals surface area contributed by atoms with Crippen molar-refractivity contribution in [3.63, 3.8) is 0 Å². The molecule has 2 heterocycles. The fourth-order valence-corrected chi connectivity index (χ4v) is 3.82. The molecule has 0 unspecified atom stereocenters. The summed E-state index contributed by atoms with van der Waals surface area (Å²) in [6.07, 6.45) is 0.725. The van der Waals surface area contributed by atoms with Crippen LogP contribution in [0.2, 0.25) is 0 Å². The van der Waals surface area contributed by atoms with E-state index in [0.29, 0.717) is 17.0 Å². The third-order valence-corrected chi connectivity index (χ3v) is 4.93.